The van der Waals surface area contributed by atoms with Gasteiger partial charge in [0.05, 0.1) is 0 Å². The molecule has 0 spiro atoms. The summed E-state index contributed by atoms with van der Waals surface area (Å²) in [7, 11) is 0. The molecule has 19 heavy (non-hydrogen) atoms. The number of carboxylic acid groups (broad SMARTS) is 1. The van der Waals surface area contributed by atoms with Crippen LogP contribution in [0.25, 0.3) is 0 Å². The van der Waals surface area contributed by atoms with Gasteiger partial charge >= 0.3 is 12.0 Å². The number of aliphatic carboxylic acids is 1. The third-order valence-corrected chi connectivity index (χ3v) is 3.70. The summed E-state index contributed by atoms with van der Waals surface area (Å²) in [5.41, 5.74) is 0. The third-order valence-electron chi connectivity index (χ3n) is 3.70. The van der Waals surface area contributed by atoms with Crippen LogP contribution in [0, 0.1) is 5.92 Å². The summed E-state index contributed by atoms with van der Waals surface area (Å²) in [6.45, 7) is 7.13. The van der Waals surface area contributed by atoms with E-state index in [0.717, 1.165) is 38.9 Å². The van der Waals surface area contributed by atoms with Crippen LogP contribution < -0.4 is 0 Å². The highest BCUT2D eigenvalue weighted by Gasteiger charge is 2.26. The minimum Gasteiger partial charge on any atom is -0.481 e. The number of hydrogen-bond donors (Lipinski definition) is 1. The lowest BCUT2D eigenvalue weighted by Gasteiger charge is -2.36. The number of carboxylic acids is 1. The molecule has 5 nitrogen and oxygen atoms in total. The van der Waals surface area contributed by atoms with Gasteiger partial charge in [0.2, 0.25) is 0 Å². The van der Waals surface area contributed by atoms with Crippen LogP contribution in [-0.2, 0) is 4.79 Å². The Morgan fingerprint density at radius 3 is 2.68 bits per heavy atom. The zero-order valence-corrected chi connectivity index (χ0v) is 12.1. The van der Waals surface area contributed by atoms with Crippen molar-refractivity contribution in [1.82, 2.24) is 9.80 Å². The van der Waals surface area contributed by atoms with E-state index in [4.69, 9.17) is 5.11 Å². The average Bonchev–Trinajstić information content (AvgIpc) is 2.42. The first kappa shape index (κ1) is 15.8. The Labute approximate surface area is 115 Å². The van der Waals surface area contributed by atoms with E-state index in [9.17, 15) is 9.59 Å². The number of nitrogens with zero attached hydrogens (tertiary/aromatic N) is 2. The van der Waals surface area contributed by atoms with Gasteiger partial charge in [-0.15, -0.1) is 0 Å². The molecule has 1 heterocycles. The third kappa shape index (κ3) is 5.09. The molecule has 1 rings (SSSR count). The smallest absolute Gasteiger partial charge is 0.319 e. The molecule has 5 heteroatoms. The van der Waals surface area contributed by atoms with Crippen molar-refractivity contribution in [3.8, 4) is 0 Å². The topological polar surface area (TPSA) is 60.9 Å². The first-order valence-electron chi connectivity index (χ1n) is 7.34. The fourth-order valence-electron chi connectivity index (χ4n) is 2.66. The molecule has 0 radical (unpaired) electrons. The Balaban J connectivity index is 2.48. The van der Waals surface area contributed by atoms with Crippen molar-refractivity contribution < 1.29 is 14.7 Å². The van der Waals surface area contributed by atoms with Gasteiger partial charge in [-0.3, -0.25) is 4.79 Å². The highest BCUT2D eigenvalue weighted by molar-refractivity contribution is 5.74. The van der Waals surface area contributed by atoms with Crippen LogP contribution in [0.15, 0.2) is 0 Å². The Bertz CT molecular complexity index is 307. The second kappa shape index (κ2) is 8.02. The normalized spacial score (nSPS) is 19.3. The number of piperidine rings is 1. The van der Waals surface area contributed by atoms with E-state index in [1.165, 1.54) is 0 Å². The molecule has 1 aliphatic rings. The Morgan fingerprint density at radius 1 is 1.37 bits per heavy atom. The highest BCUT2D eigenvalue weighted by Crippen LogP contribution is 2.22. The molecule has 0 saturated carbocycles. The molecule has 0 aromatic heterocycles. The van der Waals surface area contributed by atoms with E-state index in [1.54, 1.807) is 0 Å². The van der Waals surface area contributed by atoms with Crippen molar-refractivity contribution >= 4 is 12.0 Å². The molecule has 1 saturated heterocycles. The van der Waals surface area contributed by atoms with Crippen molar-refractivity contribution in [2.24, 2.45) is 5.92 Å². The summed E-state index contributed by atoms with van der Waals surface area (Å²) in [6, 6.07) is 0.115. The standard InChI is InChI=1S/C14H26N2O3/c1-3-9-15(4-2)14(19)16-10-5-6-12(11-16)7-8-13(17)18/h12H,3-11H2,1-2H3,(H,17,18). The number of rotatable bonds is 6. The van der Waals surface area contributed by atoms with Gasteiger partial charge in [-0.1, -0.05) is 6.92 Å². The summed E-state index contributed by atoms with van der Waals surface area (Å²) in [5.74, 6) is -0.404. The second-order valence-corrected chi connectivity index (χ2v) is 5.25. The van der Waals surface area contributed by atoms with Crippen molar-refractivity contribution in [2.45, 2.75) is 46.0 Å². The lowest BCUT2D eigenvalue weighted by atomic mass is 9.93. The fourth-order valence-corrected chi connectivity index (χ4v) is 2.66. The number of urea groups is 1. The molecule has 1 unspecified atom stereocenters. The van der Waals surface area contributed by atoms with Crippen LogP contribution in [0.4, 0.5) is 4.79 Å². The van der Waals surface area contributed by atoms with Crippen LogP contribution in [-0.4, -0.2) is 53.1 Å². The number of carbonyl (C=O) groups is 2. The van der Waals surface area contributed by atoms with Crippen LogP contribution >= 0.6 is 0 Å². The Kier molecular flexibility index (Phi) is 6.67. The van der Waals surface area contributed by atoms with Crippen LogP contribution in [0.3, 0.4) is 0 Å². The average molecular weight is 270 g/mol. The van der Waals surface area contributed by atoms with Gasteiger partial charge in [0, 0.05) is 32.6 Å². The molecule has 1 atom stereocenters. The monoisotopic (exact) mass is 270 g/mol. The van der Waals surface area contributed by atoms with Gasteiger partial charge in [-0.05, 0) is 38.5 Å². The van der Waals surface area contributed by atoms with E-state index >= 15 is 0 Å². The number of hydrogen-bond acceptors (Lipinski definition) is 2. The molecule has 0 aromatic rings. The molecular formula is C14H26N2O3. The van der Waals surface area contributed by atoms with E-state index < -0.39 is 5.97 Å². The SMILES string of the molecule is CCCN(CC)C(=O)N1CCCC(CCC(=O)O)C1. The first-order chi connectivity index (χ1) is 9.08. The van der Waals surface area contributed by atoms with E-state index in [-0.39, 0.29) is 12.5 Å². The minimum atomic E-state index is -0.746. The van der Waals surface area contributed by atoms with E-state index in [2.05, 4.69) is 6.92 Å². The summed E-state index contributed by atoms with van der Waals surface area (Å²) in [4.78, 5) is 26.7. The van der Waals surface area contributed by atoms with Crippen molar-refractivity contribution in [3.05, 3.63) is 0 Å². The van der Waals surface area contributed by atoms with Gasteiger partial charge in [0.1, 0.15) is 0 Å². The summed E-state index contributed by atoms with van der Waals surface area (Å²) < 4.78 is 0. The lowest BCUT2D eigenvalue weighted by molar-refractivity contribution is -0.137. The summed E-state index contributed by atoms with van der Waals surface area (Å²) >= 11 is 0. The Morgan fingerprint density at radius 2 is 2.11 bits per heavy atom. The summed E-state index contributed by atoms with van der Waals surface area (Å²) in [6.07, 6.45) is 3.88. The van der Waals surface area contributed by atoms with Crippen LogP contribution in [0.5, 0.6) is 0 Å². The van der Waals surface area contributed by atoms with Gasteiger partial charge in [0.25, 0.3) is 0 Å². The van der Waals surface area contributed by atoms with Crippen molar-refractivity contribution in [1.29, 1.82) is 0 Å². The zero-order valence-electron chi connectivity index (χ0n) is 12.1. The predicted octanol–water partition coefficient (Wildman–Crippen LogP) is 2.42. The quantitative estimate of drug-likeness (QED) is 0.806. The van der Waals surface area contributed by atoms with Crippen LogP contribution in [0.1, 0.15) is 46.0 Å². The van der Waals surface area contributed by atoms with E-state index in [0.29, 0.717) is 18.9 Å². The molecule has 0 bridgehead atoms. The number of likely N-dealkylation sites (tertiary alicyclic amines) is 1. The summed E-state index contributed by atoms with van der Waals surface area (Å²) in [5, 5.41) is 8.73. The molecular weight excluding hydrogens is 244 g/mol. The molecule has 0 aromatic carbocycles. The second-order valence-electron chi connectivity index (χ2n) is 5.25. The minimum absolute atomic E-state index is 0.115. The lowest BCUT2D eigenvalue weighted by Crippen LogP contribution is -2.47. The maximum atomic E-state index is 12.3. The van der Waals surface area contributed by atoms with Crippen molar-refractivity contribution in [3.63, 3.8) is 0 Å². The maximum Gasteiger partial charge on any atom is 0.319 e. The molecule has 110 valence electrons. The Hall–Kier alpha value is -1.26. The number of carbonyl (C=O) groups excluding carboxylic acids is 1. The highest BCUT2D eigenvalue weighted by atomic mass is 16.4. The molecule has 1 fully saturated rings. The van der Waals surface area contributed by atoms with Crippen molar-refractivity contribution in [2.75, 3.05) is 26.2 Å². The largest absolute Gasteiger partial charge is 0.481 e. The van der Waals surface area contributed by atoms with Gasteiger partial charge in [-0.2, -0.15) is 0 Å². The van der Waals surface area contributed by atoms with Crippen LogP contribution in [0.2, 0.25) is 0 Å². The maximum absolute atomic E-state index is 12.3. The first-order valence-corrected chi connectivity index (χ1v) is 7.34. The van der Waals surface area contributed by atoms with E-state index in [1.807, 2.05) is 16.7 Å². The van der Waals surface area contributed by atoms with Gasteiger partial charge in [-0.25, -0.2) is 4.79 Å². The molecule has 0 aliphatic carbocycles. The zero-order chi connectivity index (χ0) is 14.3. The molecule has 1 aliphatic heterocycles. The molecule has 2 amide bonds. The predicted molar refractivity (Wildman–Crippen MR) is 74.1 cm³/mol. The van der Waals surface area contributed by atoms with Gasteiger partial charge in [0.15, 0.2) is 0 Å². The molecule has 1 N–H and O–H groups in total. The number of amides is 2. The fraction of sp³-hybridized carbons (Fsp3) is 0.857. The van der Waals surface area contributed by atoms with Gasteiger partial charge < -0.3 is 14.9 Å².